The molecule has 0 aliphatic heterocycles. The lowest BCUT2D eigenvalue weighted by Gasteiger charge is -2.39. The van der Waals surface area contributed by atoms with Gasteiger partial charge in [-0.2, -0.15) is 0 Å². The van der Waals surface area contributed by atoms with E-state index in [4.69, 9.17) is 10.2 Å². The Kier molecular flexibility index (Phi) is 4.07. The summed E-state index contributed by atoms with van der Waals surface area (Å²) in [7, 11) is 0. The summed E-state index contributed by atoms with van der Waals surface area (Å²) in [6.45, 7) is 8.93. The van der Waals surface area contributed by atoms with E-state index in [1.807, 2.05) is 6.92 Å². The van der Waals surface area contributed by atoms with Crippen molar-refractivity contribution in [1.29, 1.82) is 0 Å². The van der Waals surface area contributed by atoms with E-state index in [2.05, 4.69) is 25.8 Å². The molecule has 0 amide bonds. The number of aromatic nitrogens is 1. The van der Waals surface area contributed by atoms with Crippen molar-refractivity contribution in [2.24, 2.45) is 17.1 Å². The van der Waals surface area contributed by atoms with Crippen molar-refractivity contribution >= 4 is 11.8 Å². The second-order valence-electron chi connectivity index (χ2n) is 6.45. The highest BCUT2D eigenvalue weighted by Gasteiger charge is 2.35. The SMILES string of the molecule is Cc1coc(SC2CC(C(C)(C)C)CCC2N)n1. The van der Waals surface area contributed by atoms with Gasteiger partial charge in [0.25, 0.3) is 5.22 Å². The summed E-state index contributed by atoms with van der Waals surface area (Å²) in [4.78, 5) is 4.37. The highest BCUT2D eigenvalue weighted by atomic mass is 32.2. The monoisotopic (exact) mass is 268 g/mol. The fourth-order valence-electron chi connectivity index (χ4n) is 2.59. The molecule has 18 heavy (non-hydrogen) atoms. The van der Waals surface area contributed by atoms with Crippen LogP contribution in [0, 0.1) is 18.3 Å². The van der Waals surface area contributed by atoms with Gasteiger partial charge in [-0.05, 0) is 37.5 Å². The summed E-state index contributed by atoms with van der Waals surface area (Å²) in [5.74, 6) is 0.742. The first kappa shape index (κ1) is 13.9. The number of oxazole rings is 1. The van der Waals surface area contributed by atoms with E-state index in [-0.39, 0.29) is 6.04 Å². The summed E-state index contributed by atoms with van der Waals surface area (Å²) in [5, 5.41) is 1.20. The number of thioether (sulfide) groups is 1. The zero-order chi connectivity index (χ0) is 13.3. The molecule has 0 radical (unpaired) electrons. The third-order valence-electron chi connectivity index (χ3n) is 3.92. The number of nitrogens with two attached hydrogens (primary N) is 1. The first-order chi connectivity index (χ1) is 8.36. The lowest BCUT2D eigenvalue weighted by atomic mass is 9.71. The summed E-state index contributed by atoms with van der Waals surface area (Å²) in [5.41, 5.74) is 7.55. The molecule has 3 atom stereocenters. The second kappa shape index (κ2) is 5.25. The lowest BCUT2D eigenvalue weighted by molar-refractivity contribution is 0.173. The van der Waals surface area contributed by atoms with Gasteiger partial charge in [-0.1, -0.05) is 32.5 Å². The van der Waals surface area contributed by atoms with Crippen molar-refractivity contribution in [3.8, 4) is 0 Å². The minimum atomic E-state index is 0.265. The average Bonchev–Trinajstić information content (AvgIpc) is 2.66. The normalized spacial score (nSPS) is 29.5. The Morgan fingerprint density at radius 3 is 2.67 bits per heavy atom. The van der Waals surface area contributed by atoms with Gasteiger partial charge in [0.1, 0.15) is 6.26 Å². The van der Waals surface area contributed by atoms with Crippen molar-refractivity contribution in [2.75, 3.05) is 0 Å². The number of aryl methyl sites for hydroxylation is 1. The van der Waals surface area contributed by atoms with Gasteiger partial charge in [-0.25, -0.2) is 4.98 Å². The fraction of sp³-hybridized carbons (Fsp3) is 0.786. The molecule has 0 saturated heterocycles. The van der Waals surface area contributed by atoms with Gasteiger partial charge in [0, 0.05) is 11.3 Å². The first-order valence-electron chi connectivity index (χ1n) is 6.70. The van der Waals surface area contributed by atoms with Crippen LogP contribution < -0.4 is 5.73 Å². The van der Waals surface area contributed by atoms with Crippen LogP contribution in [-0.2, 0) is 0 Å². The zero-order valence-corrected chi connectivity index (χ0v) is 12.6. The van der Waals surface area contributed by atoms with Gasteiger partial charge in [-0.3, -0.25) is 0 Å². The first-order valence-corrected chi connectivity index (χ1v) is 7.58. The maximum atomic E-state index is 6.25. The Labute approximate surface area is 114 Å². The van der Waals surface area contributed by atoms with Gasteiger partial charge in [0.2, 0.25) is 0 Å². The van der Waals surface area contributed by atoms with E-state index in [9.17, 15) is 0 Å². The van der Waals surface area contributed by atoms with Crippen molar-refractivity contribution in [3.63, 3.8) is 0 Å². The summed E-state index contributed by atoms with van der Waals surface area (Å²) in [6.07, 6.45) is 5.22. The van der Waals surface area contributed by atoms with Crippen LogP contribution in [0.5, 0.6) is 0 Å². The second-order valence-corrected chi connectivity index (χ2v) is 7.64. The maximum absolute atomic E-state index is 6.25. The van der Waals surface area contributed by atoms with Gasteiger partial charge in [0.15, 0.2) is 0 Å². The Balaban J connectivity index is 2.02. The molecule has 3 nitrogen and oxygen atoms in total. The largest absolute Gasteiger partial charge is 0.440 e. The van der Waals surface area contributed by atoms with Crippen LogP contribution >= 0.6 is 11.8 Å². The average molecular weight is 268 g/mol. The molecule has 1 saturated carbocycles. The van der Waals surface area contributed by atoms with E-state index < -0.39 is 0 Å². The van der Waals surface area contributed by atoms with Crippen LogP contribution in [0.3, 0.4) is 0 Å². The zero-order valence-electron chi connectivity index (χ0n) is 11.8. The van der Waals surface area contributed by atoms with Crippen LogP contribution in [0.2, 0.25) is 0 Å². The Hall–Kier alpha value is -0.480. The molecular formula is C14H24N2OS. The molecule has 1 aliphatic carbocycles. The molecule has 0 bridgehead atoms. The van der Waals surface area contributed by atoms with Crippen molar-refractivity contribution in [3.05, 3.63) is 12.0 Å². The molecule has 0 spiro atoms. The Morgan fingerprint density at radius 2 is 2.11 bits per heavy atom. The maximum Gasteiger partial charge on any atom is 0.256 e. The molecule has 2 N–H and O–H groups in total. The molecule has 4 heteroatoms. The molecule has 1 aromatic heterocycles. The fourth-order valence-corrected chi connectivity index (χ4v) is 3.79. The molecule has 0 aromatic carbocycles. The molecule has 1 fully saturated rings. The lowest BCUT2D eigenvalue weighted by Crippen LogP contribution is -2.41. The smallest absolute Gasteiger partial charge is 0.256 e. The predicted molar refractivity (Wildman–Crippen MR) is 75.7 cm³/mol. The quantitative estimate of drug-likeness (QED) is 0.890. The van der Waals surface area contributed by atoms with Gasteiger partial charge in [-0.15, -0.1) is 0 Å². The Bertz CT molecular complexity index is 397. The van der Waals surface area contributed by atoms with Crippen LogP contribution in [0.25, 0.3) is 0 Å². The van der Waals surface area contributed by atoms with Crippen molar-refractivity contribution in [1.82, 2.24) is 4.98 Å². The van der Waals surface area contributed by atoms with Gasteiger partial charge in [0.05, 0.1) is 5.69 Å². The van der Waals surface area contributed by atoms with Gasteiger partial charge >= 0.3 is 0 Å². The highest BCUT2D eigenvalue weighted by molar-refractivity contribution is 7.99. The molecule has 1 aromatic rings. The van der Waals surface area contributed by atoms with E-state index in [1.165, 1.54) is 6.42 Å². The van der Waals surface area contributed by atoms with Crippen LogP contribution in [0.15, 0.2) is 15.9 Å². The molecular weight excluding hydrogens is 244 g/mol. The third-order valence-corrected chi connectivity index (χ3v) is 5.15. The minimum absolute atomic E-state index is 0.265. The van der Waals surface area contributed by atoms with Crippen LogP contribution in [0.4, 0.5) is 0 Å². The molecule has 1 aliphatic rings. The number of hydrogen-bond acceptors (Lipinski definition) is 4. The summed E-state index contributed by atoms with van der Waals surface area (Å²) in [6, 6.07) is 0.265. The topological polar surface area (TPSA) is 52.0 Å². The molecule has 2 rings (SSSR count). The summed E-state index contributed by atoms with van der Waals surface area (Å²) >= 11 is 1.71. The van der Waals surface area contributed by atoms with E-state index in [0.29, 0.717) is 10.7 Å². The van der Waals surface area contributed by atoms with Crippen LogP contribution in [0.1, 0.15) is 45.7 Å². The third kappa shape index (κ3) is 3.29. The van der Waals surface area contributed by atoms with Crippen LogP contribution in [-0.4, -0.2) is 16.3 Å². The Morgan fingerprint density at radius 1 is 1.39 bits per heavy atom. The molecule has 3 unspecified atom stereocenters. The van der Waals surface area contributed by atoms with E-state index in [0.717, 1.165) is 29.7 Å². The number of rotatable bonds is 2. The standard InChI is InChI=1S/C14H24N2OS/c1-9-8-17-13(16-9)18-12-7-10(14(2,3)4)5-6-11(12)15/h8,10-12H,5-7,15H2,1-4H3. The molecule has 102 valence electrons. The minimum Gasteiger partial charge on any atom is -0.440 e. The summed E-state index contributed by atoms with van der Waals surface area (Å²) < 4.78 is 5.43. The number of nitrogens with zero attached hydrogens (tertiary/aromatic N) is 1. The van der Waals surface area contributed by atoms with E-state index >= 15 is 0 Å². The predicted octanol–water partition coefficient (Wildman–Crippen LogP) is 3.62. The van der Waals surface area contributed by atoms with Gasteiger partial charge < -0.3 is 10.2 Å². The van der Waals surface area contributed by atoms with Crippen molar-refractivity contribution < 1.29 is 4.42 Å². The van der Waals surface area contributed by atoms with E-state index in [1.54, 1.807) is 18.0 Å². The molecule has 1 heterocycles. The highest BCUT2D eigenvalue weighted by Crippen LogP contribution is 2.42. The van der Waals surface area contributed by atoms with Crippen molar-refractivity contribution in [2.45, 2.75) is 63.5 Å². The number of hydrogen-bond donors (Lipinski definition) is 1.